The van der Waals surface area contributed by atoms with E-state index in [9.17, 15) is 0 Å². The van der Waals surface area contributed by atoms with Crippen LogP contribution in [0.15, 0.2) is 0 Å². The van der Waals surface area contributed by atoms with Gasteiger partial charge in [0.25, 0.3) is 0 Å². The maximum atomic E-state index is 3.60. The molecule has 0 heterocycles. The van der Waals surface area contributed by atoms with Gasteiger partial charge in [-0.15, -0.1) is 0 Å². The van der Waals surface area contributed by atoms with E-state index in [1.165, 1.54) is 44.9 Å². The van der Waals surface area contributed by atoms with E-state index in [1.807, 2.05) is 0 Å². The summed E-state index contributed by atoms with van der Waals surface area (Å²) in [4.78, 5) is 0. The van der Waals surface area contributed by atoms with Crippen LogP contribution in [0.3, 0.4) is 0 Å². The van der Waals surface area contributed by atoms with Gasteiger partial charge in [-0.3, -0.25) is 0 Å². The van der Waals surface area contributed by atoms with E-state index in [0.29, 0.717) is 5.41 Å². The Hall–Kier alpha value is -0.0400. The van der Waals surface area contributed by atoms with Gasteiger partial charge in [-0.1, -0.05) is 46.5 Å². The third-order valence-electron chi connectivity index (χ3n) is 4.37. The van der Waals surface area contributed by atoms with E-state index in [4.69, 9.17) is 0 Å². The summed E-state index contributed by atoms with van der Waals surface area (Å²) in [6, 6.07) is 0.720. The highest BCUT2D eigenvalue weighted by molar-refractivity contribution is 4.91. The zero-order chi connectivity index (χ0) is 11.3. The standard InChI is InChI=1S/C14H29N/c1-5-9-12(2)13(15-4)14(3)10-7-6-8-11-14/h12-13,15H,5-11H2,1-4H3. The average Bonchev–Trinajstić information content (AvgIpc) is 2.19. The van der Waals surface area contributed by atoms with Crippen molar-refractivity contribution in [3.05, 3.63) is 0 Å². The van der Waals surface area contributed by atoms with Gasteiger partial charge >= 0.3 is 0 Å². The monoisotopic (exact) mass is 211 g/mol. The number of hydrogen-bond acceptors (Lipinski definition) is 1. The fraction of sp³-hybridized carbons (Fsp3) is 1.00. The Labute approximate surface area is 96.0 Å². The van der Waals surface area contributed by atoms with Crippen molar-refractivity contribution in [3.8, 4) is 0 Å². The molecule has 2 atom stereocenters. The van der Waals surface area contributed by atoms with E-state index in [0.717, 1.165) is 12.0 Å². The first-order valence-corrected chi connectivity index (χ1v) is 6.81. The second kappa shape index (κ2) is 5.89. The predicted molar refractivity (Wildman–Crippen MR) is 68.1 cm³/mol. The number of rotatable bonds is 5. The number of nitrogens with one attached hydrogen (secondary N) is 1. The van der Waals surface area contributed by atoms with Gasteiger partial charge in [0.2, 0.25) is 0 Å². The zero-order valence-corrected chi connectivity index (χ0v) is 11.1. The van der Waals surface area contributed by atoms with E-state index in [2.05, 4.69) is 33.1 Å². The Morgan fingerprint density at radius 1 is 1.20 bits per heavy atom. The normalized spacial score (nSPS) is 24.8. The molecule has 0 amide bonds. The minimum atomic E-state index is 0.557. The Morgan fingerprint density at radius 3 is 2.27 bits per heavy atom. The molecule has 1 N–H and O–H groups in total. The molecule has 1 nitrogen and oxygen atoms in total. The topological polar surface area (TPSA) is 12.0 Å². The quantitative estimate of drug-likeness (QED) is 0.725. The molecule has 0 spiro atoms. The van der Waals surface area contributed by atoms with Crippen molar-refractivity contribution in [2.24, 2.45) is 11.3 Å². The second-order valence-corrected chi connectivity index (χ2v) is 5.75. The second-order valence-electron chi connectivity index (χ2n) is 5.75. The molecule has 1 aliphatic carbocycles. The van der Waals surface area contributed by atoms with Crippen molar-refractivity contribution in [1.29, 1.82) is 0 Å². The molecule has 0 radical (unpaired) electrons. The average molecular weight is 211 g/mol. The predicted octanol–water partition coefficient (Wildman–Crippen LogP) is 3.98. The Bertz CT molecular complexity index is 170. The van der Waals surface area contributed by atoms with Crippen molar-refractivity contribution < 1.29 is 0 Å². The van der Waals surface area contributed by atoms with Gasteiger partial charge in [0.15, 0.2) is 0 Å². The first-order chi connectivity index (χ1) is 7.14. The molecule has 0 aromatic carbocycles. The summed E-state index contributed by atoms with van der Waals surface area (Å²) in [7, 11) is 2.15. The van der Waals surface area contributed by atoms with Crippen LogP contribution in [-0.4, -0.2) is 13.1 Å². The molecule has 2 unspecified atom stereocenters. The van der Waals surface area contributed by atoms with E-state index in [1.54, 1.807) is 0 Å². The first kappa shape index (κ1) is 13.0. The van der Waals surface area contributed by atoms with Crippen LogP contribution in [0.2, 0.25) is 0 Å². The maximum absolute atomic E-state index is 3.60. The molecule has 1 saturated carbocycles. The summed E-state index contributed by atoms with van der Waals surface area (Å²) in [5.74, 6) is 0.822. The highest BCUT2D eigenvalue weighted by Crippen LogP contribution is 2.41. The van der Waals surface area contributed by atoms with Crippen LogP contribution in [0.1, 0.15) is 65.7 Å². The van der Waals surface area contributed by atoms with Gasteiger partial charge < -0.3 is 5.32 Å². The molecule has 0 aliphatic heterocycles. The van der Waals surface area contributed by atoms with Crippen LogP contribution in [0.25, 0.3) is 0 Å². The Kier molecular flexibility index (Phi) is 5.11. The maximum Gasteiger partial charge on any atom is 0.0143 e. The van der Waals surface area contributed by atoms with Crippen molar-refractivity contribution >= 4 is 0 Å². The molecule has 1 heteroatoms. The third kappa shape index (κ3) is 3.21. The lowest BCUT2D eigenvalue weighted by Gasteiger charge is -2.43. The summed E-state index contributed by atoms with van der Waals surface area (Å²) in [5, 5.41) is 3.60. The summed E-state index contributed by atoms with van der Waals surface area (Å²) >= 11 is 0. The molecule has 1 rings (SSSR count). The lowest BCUT2D eigenvalue weighted by atomic mass is 9.66. The number of hydrogen-bond donors (Lipinski definition) is 1. The molecule has 0 aromatic rings. The first-order valence-electron chi connectivity index (χ1n) is 6.81. The van der Waals surface area contributed by atoms with Crippen molar-refractivity contribution in [3.63, 3.8) is 0 Å². The van der Waals surface area contributed by atoms with E-state index < -0.39 is 0 Å². The van der Waals surface area contributed by atoms with Crippen LogP contribution in [0.5, 0.6) is 0 Å². The minimum Gasteiger partial charge on any atom is -0.316 e. The van der Waals surface area contributed by atoms with E-state index >= 15 is 0 Å². The lowest BCUT2D eigenvalue weighted by molar-refractivity contribution is 0.110. The fourth-order valence-corrected chi connectivity index (χ4v) is 3.61. The molecule has 0 saturated heterocycles. The summed E-state index contributed by atoms with van der Waals surface area (Å²) in [6.45, 7) is 7.22. The molecule has 1 aliphatic rings. The van der Waals surface area contributed by atoms with Gasteiger partial charge in [0.1, 0.15) is 0 Å². The highest BCUT2D eigenvalue weighted by atomic mass is 14.9. The minimum absolute atomic E-state index is 0.557. The highest BCUT2D eigenvalue weighted by Gasteiger charge is 2.36. The smallest absolute Gasteiger partial charge is 0.0143 e. The van der Waals surface area contributed by atoms with Crippen LogP contribution in [-0.2, 0) is 0 Å². The zero-order valence-electron chi connectivity index (χ0n) is 11.1. The Balaban J connectivity index is 2.62. The fourth-order valence-electron chi connectivity index (χ4n) is 3.61. The summed E-state index contributed by atoms with van der Waals surface area (Å²) in [6.07, 6.45) is 9.85. The van der Waals surface area contributed by atoms with Crippen molar-refractivity contribution in [2.45, 2.75) is 71.8 Å². The molecule has 0 aromatic heterocycles. The summed E-state index contributed by atoms with van der Waals surface area (Å²) < 4.78 is 0. The van der Waals surface area contributed by atoms with E-state index in [-0.39, 0.29) is 0 Å². The van der Waals surface area contributed by atoms with Crippen LogP contribution >= 0.6 is 0 Å². The van der Waals surface area contributed by atoms with Gasteiger partial charge in [0.05, 0.1) is 0 Å². The third-order valence-corrected chi connectivity index (χ3v) is 4.37. The molecule has 90 valence electrons. The lowest BCUT2D eigenvalue weighted by Crippen LogP contribution is -2.47. The van der Waals surface area contributed by atoms with Gasteiger partial charge in [-0.05, 0) is 37.6 Å². The van der Waals surface area contributed by atoms with Crippen LogP contribution in [0, 0.1) is 11.3 Å². The molecular formula is C14H29N. The summed E-state index contributed by atoms with van der Waals surface area (Å²) in [5.41, 5.74) is 0.557. The van der Waals surface area contributed by atoms with Gasteiger partial charge in [0, 0.05) is 6.04 Å². The molecule has 0 bridgehead atoms. The van der Waals surface area contributed by atoms with Crippen molar-refractivity contribution in [2.75, 3.05) is 7.05 Å². The SMILES string of the molecule is CCCC(C)C(NC)C1(C)CCCCC1. The molecular weight excluding hydrogens is 182 g/mol. The van der Waals surface area contributed by atoms with Crippen LogP contribution < -0.4 is 5.32 Å². The molecule has 1 fully saturated rings. The van der Waals surface area contributed by atoms with Crippen LogP contribution in [0.4, 0.5) is 0 Å². The van der Waals surface area contributed by atoms with Gasteiger partial charge in [-0.2, -0.15) is 0 Å². The largest absolute Gasteiger partial charge is 0.316 e. The Morgan fingerprint density at radius 2 is 1.80 bits per heavy atom. The van der Waals surface area contributed by atoms with Crippen molar-refractivity contribution in [1.82, 2.24) is 5.32 Å². The van der Waals surface area contributed by atoms with Gasteiger partial charge in [-0.25, -0.2) is 0 Å². The molecule has 15 heavy (non-hydrogen) atoms.